The Morgan fingerprint density at radius 2 is 1.92 bits per heavy atom. The third kappa shape index (κ3) is 8.43. The number of benzene rings is 1. The molecule has 0 aromatic heterocycles. The Kier molecular flexibility index (Phi) is 9.88. The van der Waals surface area contributed by atoms with Crippen molar-refractivity contribution in [1.82, 2.24) is 0 Å². The number of aryl methyl sites for hydroxylation is 1. The van der Waals surface area contributed by atoms with Crippen LogP contribution in [0, 0.1) is 11.7 Å². The molecule has 26 heavy (non-hydrogen) atoms. The summed E-state index contributed by atoms with van der Waals surface area (Å²) in [5, 5.41) is 0. The first-order valence-electron chi connectivity index (χ1n) is 9.07. The third-order valence-corrected chi connectivity index (χ3v) is 4.59. The molecule has 0 unspecified atom stereocenters. The normalized spacial score (nSPS) is 13.2. The number of esters is 1. The van der Waals surface area contributed by atoms with E-state index < -0.39 is 0 Å². The van der Waals surface area contributed by atoms with Crippen molar-refractivity contribution in [2.75, 3.05) is 7.11 Å². The van der Waals surface area contributed by atoms with Crippen LogP contribution in [0.15, 0.2) is 18.2 Å². The number of methoxy groups -OCH3 is 1. The van der Waals surface area contributed by atoms with Gasteiger partial charge in [-0.1, -0.05) is 19.1 Å². The number of hydrogen-bond donors (Lipinski definition) is 1. The molecule has 0 radical (unpaired) electrons. The van der Waals surface area contributed by atoms with Crippen molar-refractivity contribution in [3.63, 3.8) is 0 Å². The summed E-state index contributed by atoms with van der Waals surface area (Å²) in [5.74, 6) is -0.660. The van der Waals surface area contributed by atoms with Gasteiger partial charge in [-0.25, -0.2) is 4.39 Å². The van der Waals surface area contributed by atoms with Crippen molar-refractivity contribution >= 4 is 11.9 Å². The summed E-state index contributed by atoms with van der Waals surface area (Å²) in [6, 6.07) is 5.16. The van der Waals surface area contributed by atoms with E-state index in [0.29, 0.717) is 24.8 Å². The summed E-state index contributed by atoms with van der Waals surface area (Å²) >= 11 is 0. The number of halogens is 1. The van der Waals surface area contributed by atoms with Gasteiger partial charge in [0.2, 0.25) is 5.91 Å². The van der Waals surface area contributed by atoms with Gasteiger partial charge in [-0.2, -0.15) is 0 Å². The zero-order chi connectivity index (χ0) is 19.5. The van der Waals surface area contributed by atoms with Gasteiger partial charge < -0.3 is 15.2 Å². The van der Waals surface area contributed by atoms with E-state index >= 15 is 0 Å². The van der Waals surface area contributed by atoms with Gasteiger partial charge in [0.25, 0.3) is 0 Å². The molecule has 0 aliphatic heterocycles. The Bertz CT molecular complexity index is 591. The van der Waals surface area contributed by atoms with E-state index in [9.17, 15) is 14.0 Å². The van der Waals surface area contributed by atoms with Gasteiger partial charge in [0.05, 0.1) is 19.8 Å². The van der Waals surface area contributed by atoms with Crippen LogP contribution in [0.5, 0.6) is 0 Å². The summed E-state index contributed by atoms with van der Waals surface area (Å²) < 4.78 is 24.6. The zero-order valence-electron chi connectivity index (χ0n) is 15.9. The Balaban J connectivity index is 2.42. The second-order valence-electron chi connectivity index (χ2n) is 6.71. The summed E-state index contributed by atoms with van der Waals surface area (Å²) in [6.45, 7) is 4.09. The summed E-state index contributed by atoms with van der Waals surface area (Å²) in [6.07, 6.45) is 3.52. The van der Waals surface area contributed by atoms with Gasteiger partial charge >= 0.3 is 5.97 Å². The lowest BCUT2D eigenvalue weighted by Crippen LogP contribution is -2.21. The molecule has 0 aliphatic rings. The predicted molar refractivity (Wildman–Crippen MR) is 97.8 cm³/mol. The summed E-state index contributed by atoms with van der Waals surface area (Å²) in [4.78, 5) is 21.9. The molecule has 1 aromatic rings. The van der Waals surface area contributed by atoms with E-state index in [2.05, 4.69) is 4.74 Å². The Hall–Kier alpha value is -1.95. The van der Waals surface area contributed by atoms with Crippen molar-refractivity contribution in [2.24, 2.45) is 11.7 Å². The van der Waals surface area contributed by atoms with Gasteiger partial charge in [0.15, 0.2) is 0 Å². The van der Waals surface area contributed by atoms with E-state index in [1.165, 1.54) is 13.2 Å². The van der Waals surface area contributed by atoms with Crippen LogP contribution >= 0.6 is 0 Å². The highest BCUT2D eigenvalue weighted by molar-refractivity contribution is 5.73. The average molecular weight is 367 g/mol. The largest absolute Gasteiger partial charge is 0.469 e. The van der Waals surface area contributed by atoms with Crippen LogP contribution in [0.3, 0.4) is 0 Å². The number of rotatable bonds is 12. The van der Waals surface area contributed by atoms with Crippen molar-refractivity contribution in [3.05, 3.63) is 35.1 Å². The van der Waals surface area contributed by atoms with Crippen LogP contribution in [0.4, 0.5) is 4.39 Å². The first kappa shape index (κ1) is 22.1. The molecule has 0 aliphatic carbocycles. The molecule has 6 heteroatoms. The zero-order valence-corrected chi connectivity index (χ0v) is 15.9. The highest BCUT2D eigenvalue weighted by atomic mass is 19.1. The van der Waals surface area contributed by atoms with Crippen molar-refractivity contribution in [3.8, 4) is 0 Å². The standard InChI is InChI=1S/C20H30FNO4/c1-14(8-11-19(22)23)15(2)26-13-17-10-9-16(12-18(17)21)6-4-5-7-20(24)25-3/h9-10,12,14-15H,4-8,11,13H2,1-3H3,(H2,22,23)/t14-,15+/m0/s1. The molecule has 0 heterocycles. The number of unbranched alkanes of at least 4 members (excludes halogenated alkanes) is 1. The number of amides is 1. The molecule has 146 valence electrons. The number of carbonyl (C=O) groups is 2. The molecule has 0 saturated carbocycles. The lowest BCUT2D eigenvalue weighted by Gasteiger charge is -2.20. The fraction of sp³-hybridized carbons (Fsp3) is 0.600. The van der Waals surface area contributed by atoms with Crippen LogP contribution in [0.2, 0.25) is 0 Å². The van der Waals surface area contributed by atoms with Crippen molar-refractivity contribution < 1.29 is 23.5 Å². The fourth-order valence-electron chi connectivity index (χ4n) is 2.55. The molecule has 5 nitrogen and oxygen atoms in total. The van der Waals surface area contributed by atoms with E-state index in [1.54, 1.807) is 6.07 Å². The number of primary amides is 1. The lowest BCUT2D eigenvalue weighted by molar-refractivity contribution is -0.140. The molecule has 0 fully saturated rings. The molecule has 0 saturated heterocycles. The molecular weight excluding hydrogens is 337 g/mol. The fourth-order valence-corrected chi connectivity index (χ4v) is 2.55. The van der Waals surface area contributed by atoms with Crippen LogP contribution in [-0.4, -0.2) is 25.1 Å². The van der Waals surface area contributed by atoms with Crippen LogP contribution < -0.4 is 5.73 Å². The van der Waals surface area contributed by atoms with Crippen LogP contribution in [0.25, 0.3) is 0 Å². The van der Waals surface area contributed by atoms with Crippen LogP contribution in [0.1, 0.15) is 57.1 Å². The number of carbonyl (C=O) groups excluding carboxylic acids is 2. The molecule has 1 aromatic carbocycles. The second kappa shape index (κ2) is 11.6. The minimum absolute atomic E-state index is 0.0910. The van der Waals surface area contributed by atoms with Gasteiger partial charge in [0.1, 0.15) is 5.82 Å². The molecular formula is C20H30FNO4. The van der Waals surface area contributed by atoms with E-state index in [0.717, 1.165) is 24.8 Å². The molecule has 2 N–H and O–H groups in total. The number of ether oxygens (including phenoxy) is 2. The van der Waals surface area contributed by atoms with Crippen LogP contribution in [-0.2, 0) is 32.1 Å². The number of hydrogen-bond acceptors (Lipinski definition) is 4. The second-order valence-corrected chi connectivity index (χ2v) is 6.71. The molecule has 0 spiro atoms. The molecule has 0 bridgehead atoms. The summed E-state index contributed by atoms with van der Waals surface area (Å²) in [7, 11) is 1.37. The predicted octanol–water partition coefficient (Wildman–Crippen LogP) is 3.52. The van der Waals surface area contributed by atoms with Gasteiger partial charge in [0, 0.05) is 18.4 Å². The number of nitrogens with two attached hydrogens (primary N) is 1. The maximum Gasteiger partial charge on any atom is 0.305 e. The van der Waals surface area contributed by atoms with E-state index in [4.69, 9.17) is 10.5 Å². The summed E-state index contributed by atoms with van der Waals surface area (Å²) in [5.41, 5.74) is 6.57. The molecule has 1 rings (SSSR count). The van der Waals surface area contributed by atoms with Gasteiger partial charge in [-0.3, -0.25) is 9.59 Å². The maximum absolute atomic E-state index is 14.2. The Morgan fingerprint density at radius 1 is 1.19 bits per heavy atom. The minimum atomic E-state index is -0.322. The monoisotopic (exact) mass is 367 g/mol. The van der Waals surface area contributed by atoms with E-state index in [1.807, 2.05) is 19.9 Å². The first-order chi connectivity index (χ1) is 12.3. The Morgan fingerprint density at radius 3 is 2.54 bits per heavy atom. The SMILES string of the molecule is COC(=O)CCCCc1ccc(CO[C@H](C)[C@@H](C)CCC(N)=O)c(F)c1. The third-order valence-electron chi connectivity index (χ3n) is 4.59. The van der Waals surface area contributed by atoms with Gasteiger partial charge in [-0.05, 0) is 50.2 Å². The highest BCUT2D eigenvalue weighted by Gasteiger charge is 2.15. The van der Waals surface area contributed by atoms with Crippen molar-refractivity contribution in [1.29, 1.82) is 0 Å². The quantitative estimate of drug-likeness (QED) is 0.453. The first-order valence-corrected chi connectivity index (χ1v) is 9.07. The molecule has 2 atom stereocenters. The molecule has 1 amide bonds. The Labute approximate surface area is 155 Å². The highest BCUT2D eigenvalue weighted by Crippen LogP contribution is 2.18. The topological polar surface area (TPSA) is 78.6 Å². The van der Waals surface area contributed by atoms with E-state index in [-0.39, 0.29) is 36.3 Å². The lowest BCUT2D eigenvalue weighted by atomic mass is 10.00. The maximum atomic E-state index is 14.2. The smallest absolute Gasteiger partial charge is 0.305 e. The average Bonchev–Trinajstić information content (AvgIpc) is 2.61. The van der Waals surface area contributed by atoms with Gasteiger partial charge in [-0.15, -0.1) is 0 Å². The minimum Gasteiger partial charge on any atom is -0.469 e. The van der Waals surface area contributed by atoms with Crippen molar-refractivity contribution in [2.45, 2.75) is 65.1 Å².